The SMILES string of the molecule is CN(CC(N)=O)Cc1ccc(C(=O)O)s1. The topological polar surface area (TPSA) is 83.6 Å². The molecule has 0 bridgehead atoms. The minimum absolute atomic E-state index is 0.167. The Balaban J connectivity index is 2.57. The van der Waals surface area contributed by atoms with Crippen LogP contribution in [0.4, 0.5) is 0 Å². The van der Waals surface area contributed by atoms with E-state index < -0.39 is 11.9 Å². The van der Waals surface area contributed by atoms with Crippen molar-refractivity contribution in [3.05, 3.63) is 21.9 Å². The molecule has 1 amide bonds. The van der Waals surface area contributed by atoms with E-state index in [0.29, 0.717) is 11.4 Å². The summed E-state index contributed by atoms with van der Waals surface area (Å²) < 4.78 is 0. The fraction of sp³-hybridized carbons (Fsp3) is 0.333. The number of carbonyl (C=O) groups is 2. The van der Waals surface area contributed by atoms with Crippen molar-refractivity contribution in [2.24, 2.45) is 5.73 Å². The van der Waals surface area contributed by atoms with Crippen molar-refractivity contribution >= 4 is 23.2 Å². The molecule has 0 saturated carbocycles. The maximum atomic E-state index is 10.6. The molecule has 82 valence electrons. The number of nitrogens with zero attached hydrogens (tertiary/aromatic N) is 1. The number of amides is 1. The normalized spacial score (nSPS) is 10.5. The summed E-state index contributed by atoms with van der Waals surface area (Å²) in [7, 11) is 1.75. The van der Waals surface area contributed by atoms with Crippen molar-refractivity contribution in [3.63, 3.8) is 0 Å². The Labute approximate surface area is 91.1 Å². The largest absolute Gasteiger partial charge is 0.477 e. The first-order valence-electron chi connectivity index (χ1n) is 4.28. The van der Waals surface area contributed by atoms with E-state index in [1.807, 2.05) is 0 Å². The van der Waals surface area contributed by atoms with Crippen LogP contribution < -0.4 is 5.73 Å². The fourth-order valence-electron chi connectivity index (χ4n) is 1.17. The molecular formula is C9H12N2O3S. The number of thiophene rings is 1. The summed E-state index contributed by atoms with van der Waals surface area (Å²) in [5.41, 5.74) is 5.03. The summed E-state index contributed by atoms with van der Waals surface area (Å²) >= 11 is 1.20. The van der Waals surface area contributed by atoms with Gasteiger partial charge in [0.2, 0.25) is 5.91 Å². The summed E-state index contributed by atoms with van der Waals surface area (Å²) in [6, 6.07) is 3.30. The second kappa shape index (κ2) is 4.90. The Morgan fingerprint density at radius 3 is 2.67 bits per heavy atom. The molecule has 0 aliphatic carbocycles. The van der Waals surface area contributed by atoms with Crippen LogP contribution in [0.15, 0.2) is 12.1 Å². The zero-order chi connectivity index (χ0) is 11.4. The number of primary amides is 1. The third kappa shape index (κ3) is 3.69. The Morgan fingerprint density at radius 2 is 2.20 bits per heavy atom. The van der Waals surface area contributed by atoms with Gasteiger partial charge >= 0.3 is 5.97 Å². The van der Waals surface area contributed by atoms with E-state index in [9.17, 15) is 9.59 Å². The molecule has 1 rings (SSSR count). The monoisotopic (exact) mass is 228 g/mol. The van der Waals surface area contributed by atoms with Crippen molar-refractivity contribution in [1.29, 1.82) is 0 Å². The molecule has 1 aromatic rings. The average molecular weight is 228 g/mol. The van der Waals surface area contributed by atoms with Crippen LogP contribution in [0.25, 0.3) is 0 Å². The lowest BCUT2D eigenvalue weighted by molar-refractivity contribution is -0.118. The second-order valence-corrected chi connectivity index (χ2v) is 4.38. The number of likely N-dealkylation sites (N-methyl/N-ethyl adjacent to an activating group) is 1. The molecule has 6 heteroatoms. The van der Waals surface area contributed by atoms with Gasteiger partial charge in [-0.1, -0.05) is 0 Å². The first-order chi connectivity index (χ1) is 6.99. The molecule has 1 heterocycles. The van der Waals surface area contributed by atoms with Gasteiger partial charge in [-0.15, -0.1) is 11.3 Å². The highest BCUT2D eigenvalue weighted by Crippen LogP contribution is 2.17. The first kappa shape index (κ1) is 11.7. The number of nitrogens with two attached hydrogens (primary N) is 1. The number of aromatic carboxylic acids is 1. The quantitative estimate of drug-likeness (QED) is 0.762. The minimum Gasteiger partial charge on any atom is -0.477 e. The van der Waals surface area contributed by atoms with E-state index in [1.54, 1.807) is 24.1 Å². The molecular weight excluding hydrogens is 216 g/mol. The van der Waals surface area contributed by atoms with E-state index >= 15 is 0 Å². The lowest BCUT2D eigenvalue weighted by Crippen LogP contribution is -2.29. The molecule has 15 heavy (non-hydrogen) atoms. The highest BCUT2D eigenvalue weighted by atomic mass is 32.1. The van der Waals surface area contributed by atoms with Crippen LogP contribution in [0.1, 0.15) is 14.5 Å². The molecule has 0 spiro atoms. The summed E-state index contributed by atoms with van der Waals surface area (Å²) in [5, 5.41) is 8.70. The van der Waals surface area contributed by atoms with E-state index in [0.717, 1.165) is 4.88 Å². The van der Waals surface area contributed by atoms with Crippen molar-refractivity contribution < 1.29 is 14.7 Å². The lowest BCUT2D eigenvalue weighted by atomic mass is 10.4. The van der Waals surface area contributed by atoms with E-state index in [1.165, 1.54) is 11.3 Å². The third-order valence-corrected chi connectivity index (χ3v) is 2.78. The molecule has 0 radical (unpaired) electrons. The van der Waals surface area contributed by atoms with Crippen LogP contribution in [0.3, 0.4) is 0 Å². The molecule has 1 aromatic heterocycles. The Morgan fingerprint density at radius 1 is 1.53 bits per heavy atom. The van der Waals surface area contributed by atoms with Gasteiger partial charge in [-0.3, -0.25) is 9.69 Å². The molecule has 3 N–H and O–H groups in total. The van der Waals surface area contributed by atoms with Gasteiger partial charge in [-0.2, -0.15) is 0 Å². The van der Waals surface area contributed by atoms with Gasteiger partial charge in [0, 0.05) is 11.4 Å². The predicted octanol–water partition coefficient (Wildman–Crippen LogP) is 0.363. The smallest absolute Gasteiger partial charge is 0.345 e. The van der Waals surface area contributed by atoms with Gasteiger partial charge in [0.05, 0.1) is 6.54 Å². The van der Waals surface area contributed by atoms with Crippen LogP contribution in [0.5, 0.6) is 0 Å². The summed E-state index contributed by atoms with van der Waals surface area (Å²) in [6.07, 6.45) is 0. The van der Waals surface area contributed by atoms with E-state index in [4.69, 9.17) is 10.8 Å². The number of hydrogen-bond acceptors (Lipinski definition) is 4. The molecule has 0 saturated heterocycles. The molecule has 0 unspecified atom stereocenters. The van der Waals surface area contributed by atoms with Crippen LogP contribution in [-0.4, -0.2) is 35.5 Å². The lowest BCUT2D eigenvalue weighted by Gasteiger charge is -2.12. The number of rotatable bonds is 5. The minimum atomic E-state index is -0.927. The zero-order valence-electron chi connectivity index (χ0n) is 8.27. The fourth-order valence-corrected chi connectivity index (χ4v) is 2.09. The van der Waals surface area contributed by atoms with E-state index in [2.05, 4.69) is 0 Å². The van der Waals surface area contributed by atoms with Crippen LogP contribution in [0.2, 0.25) is 0 Å². The summed E-state index contributed by atoms with van der Waals surface area (Å²) in [4.78, 5) is 24.1. The molecule has 0 fully saturated rings. The standard InChI is InChI=1S/C9H12N2O3S/c1-11(5-8(10)12)4-6-2-3-7(15-6)9(13)14/h2-3H,4-5H2,1H3,(H2,10,12)(H,13,14). The molecule has 5 nitrogen and oxygen atoms in total. The van der Waals surface area contributed by atoms with E-state index in [-0.39, 0.29) is 6.54 Å². The van der Waals surface area contributed by atoms with Gasteiger partial charge in [-0.25, -0.2) is 4.79 Å². The van der Waals surface area contributed by atoms with Crippen molar-refractivity contribution in [1.82, 2.24) is 4.90 Å². The Kier molecular flexibility index (Phi) is 3.81. The van der Waals surface area contributed by atoms with Gasteiger partial charge in [0.1, 0.15) is 4.88 Å². The van der Waals surface area contributed by atoms with Gasteiger partial charge in [-0.05, 0) is 19.2 Å². The van der Waals surface area contributed by atoms with Gasteiger partial charge in [0.15, 0.2) is 0 Å². The van der Waals surface area contributed by atoms with Gasteiger partial charge in [0.25, 0.3) is 0 Å². The maximum Gasteiger partial charge on any atom is 0.345 e. The van der Waals surface area contributed by atoms with Crippen LogP contribution >= 0.6 is 11.3 Å². The average Bonchev–Trinajstić information content (AvgIpc) is 2.50. The number of hydrogen-bond donors (Lipinski definition) is 2. The Bertz CT molecular complexity index is 375. The summed E-state index contributed by atoms with van der Waals surface area (Å²) in [5.74, 6) is -1.32. The third-order valence-electron chi connectivity index (χ3n) is 1.72. The second-order valence-electron chi connectivity index (χ2n) is 3.21. The summed E-state index contributed by atoms with van der Waals surface area (Å²) in [6.45, 7) is 0.696. The van der Waals surface area contributed by atoms with Crippen molar-refractivity contribution in [2.75, 3.05) is 13.6 Å². The number of carboxylic acid groups (broad SMARTS) is 1. The van der Waals surface area contributed by atoms with Crippen LogP contribution in [-0.2, 0) is 11.3 Å². The predicted molar refractivity (Wildman–Crippen MR) is 56.8 cm³/mol. The number of carbonyl (C=O) groups excluding carboxylic acids is 1. The molecule has 0 aliphatic heterocycles. The highest BCUT2D eigenvalue weighted by molar-refractivity contribution is 7.13. The van der Waals surface area contributed by atoms with Crippen LogP contribution in [0, 0.1) is 0 Å². The van der Waals surface area contributed by atoms with Crippen molar-refractivity contribution in [2.45, 2.75) is 6.54 Å². The maximum absolute atomic E-state index is 10.6. The molecule has 0 aliphatic rings. The molecule has 0 aromatic carbocycles. The molecule has 0 atom stereocenters. The first-order valence-corrected chi connectivity index (χ1v) is 5.09. The Hall–Kier alpha value is -1.40. The van der Waals surface area contributed by atoms with Gasteiger partial charge < -0.3 is 10.8 Å². The number of carboxylic acids is 1. The highest BCUT2D eigenvalue weighted by Gasteiger charge is 2.09. The van der Waals surface area contributed by atoms with Crippen molar-refractivity contribution in [3.8, 4) is 0 Å². The zero-order valence-corrected chi connectivity index (χ0v) is 9.08.